The number of carbonyl (C=O) groups is 1. The summed E-state index contributed by atoms with van der Waals surface area (Å²) in [7, 11) is 3.07. The molecule has 1 N–H and O–H groups in total. The number of nitrogens with zero attached hydrogens (tertiary/aromatic N) is 3. The minimum Gasteiger partial charge on any atom is -0.453 e. The number of nitrogens with one attached hydrogen (secondary N) is 1. The van der Waals surface area contributed by atoms with Gasteiger partial charge in [-0.15, -0.1) is 0 Å². The Kier molecular flexibility index (Phi) is 6.17. The number of aromatic nitrogens is 2. The molecule has 0 radical (unpaired) electrons. The maximum atomic E-state index is 11.4. The molecule has 7 heteroatoms. The standard InChI is InChI=1S/C17H24N4O3/c1-5-6-15-19-16(24-20-15)12(2)18-14-9-7-13(8-10-14)11-21(3)17(22)23-4/h7-10,12,18H,5-6,11H2,1-4H3. The number of amides is 1. The molecule has 0 saturated carbocycles. The molecule has 1 unspecified atom stereocenters. The predicted molar refractivity (Wildman–Crippen MR) is 90.6 cm³/mol. The third kappa shape index (κ3) is 4.71. The Hall–Kier alpha value is -2.57. The summed E-state index contributed by atoms with van der Waals surface area (Å²) in [5, 5.41) is 7.29. The molecular weight excluding hydrogens is 308 g/mol. The van der Waals surface area contributed by atoms with Crippen LogP contribution in [0.25, 0.3) is 0 Å². The van der Waals surface area contributed by atoms with Crippen LogP contribution in [0.15, 0.2) is 28.8 Å². The zero-order chi connectivity index (χ0) is 17.5. The van der Waals surface area contributed by atoms with Gasteiger partial charge in [0.25, 0.3) is 0 Å². The molecule has 24 heavy (non-hydrogen) atoms. The molecular formula is C17H24N4O3. The van der Waals surface area contributed by atoms with E-state index < -0.39 is 0 Å². The van der Waals surface area contributed by atoms with Gasteiger partial charge in [0.2, 0.25) is 5.89 Å². The van der Waals surface area contributed by atoms with Crippen molar-refractivity contribution < 1.29 is 14.1 Å². The number of hydrogen-bond acceptors (Lipinski definition) is 6. The summed E-state index contributed by atoms with van der Waals surface area (Å²) in [6.45, 7) is 4.55. The van der Waals surface area contributed by atoms with Crippen molar-refractivity contribution in [2.75, 3.05) is 19.5 Å². The third-order valence-electron chi connectivity index (χ3n) is 3.57. The van der Waals surface area contributed by atoms with Crippen LogP contribution >= 0.6 is 0 Å². The van der Waals surface area contributed by atoms with Gasteiger partial charge >= 0.3 is 6.09 Å². The van der Waals surface area contributed by atoms with Gasteiger partial charge in [0.15, 0.2) is 5.82 Å². The molecule has 0 fully saturated rings. The van der Waals surface area contributed by atoms with Crippen LogP contribution in [-0.2, 0) is 17.7 Å². The summed E-state index contributed by atoms with van der Waals surface area (Å²) in [4.78, 5) is 17.3. The molecule has 0 saturated heterocycles. The van der Waals surface area contributed by atoms with Crippen LogP contribution in [0.1, 0.15) is 43.6 Å². The molecule has 0 aliphatic carbocycles. The highest BCUT2D eigenvalue weighted by molar-refractivity contribution is 5.67. The molecule has 0 bridgehead atoms. The van der Waals surface area contributed by atoms with E-state index in [1.54, 1.807) is 7.05 Å². The largest absolute Gasteiger partial charge is 0.453 e. The first-order chi connectivity index (χ1) is 11.5. The number of ether oxygens (including phenoxy) is 1. The summed E-state index contributed by atoms with van der Waals surface area (Å²) < 4.78 is 9.96. The molecule has 1 atom stereocenters. The highest BCUT2D eigenvalue weighted by Gasteiger charge is 2.14. The molecule has 0 aliphatic heterocycles. The molecule has 0 aliphatic rings. The van der Waals surface area contributed by atoms with Crippen LogP contribution in [0.3, 0.4) is 0 Å². The predicted octanol–water partition coefficient (Wildman–Crippen LogP) is 3.39. The molecule has 1 heterocycles. The van der Waals surface area contributed by atoms with Gasteiger partial charge in [0, 0.05) is 25.7 Å². The quantitative estimate of drug-likeness (QED) is 0.837. The van der Waals surface area contributed by atoms with Crippen LogP contribution in [0.2, 0.25) is 0 Å². The van der Waals surface area contributed by atoms with Crippen molar-refractivity contribution in [1.82, 2.24) is 15.0 Å². The van der Waals surface area contributed by atoms with E-state index in [1.807, 2.05) is 31.2 Å². The van der Waals surface area contributed by atoms with E-state index in [0.717, 1.165) is 29.9 Å². The number of aryl methyl sites for hydroxylation is 1. The van der Waals surface area contributed by atoms with Gasteiger partial charge in [-0.2, -0.15) is 4.98 Å². The second-order valence-corrected chi connectivity index (χ2v) is 5.69. The van der Waals surface area contributed by atoms with Gasteiger partial charge in [-0.05, 0) is 31.0 Å². The van der Waals surface area contributed by atoms with Gasteiger partial charge < -0.3 is 19.5 Å². The maximum Gasteiger partial charge on any atom is 0.409 e. The number of benzene rings is 1. The van der Waals surface area contributed by atoms with Crippen molar-refractivity contribution in [2.45, 2.75) is 39.3 Å². The fourth-order valence-electron chi connectivity index (χ4n) is 2.28. The van der Waals surface area contributed by atoms with Gasteiger partial charge in [-0.1, -0.05) is 24.2 Å². The molecule has 7 nitrogen and oxygen atoms in total. The van der Waals surface area contributed by atoms with E-state index in [0.29, 0.717) is 12.4 Å². The van der Waals surface area contributed by atoms with Crippen molar-refractivity contribution >= 4 is 11.8 Å². The lowest BCUT2D eigenvalue weighted by Gasteiger charge is -2.16. The summed E-state index contributed by atoms with van der Waals surface area (Å²) in [6.07, 6.45) is 1.45. The zero-order valence-corrected chi connectivity index (χ0v) is 14.6. The molecule has 0 spiro atoms. The van der Waals surface area contributed by atoms with Gasteiger partial charge in [-0.3, -0.25) is 0 Å². The maximum absolute atomic E-state index is 11.4. The van der Waals surface area contributed by atoms with E-state index in [-0.39, 0.29) is 12.1 Å². The monoisotopic (exact) mass is 332 g/mol. The summed E-state index contributed by atoms with van der Waals surface area (Å²) >= 11 is 0. The smallest absolute Gasteiger partial charge is 0.409 e. The minimum absolute atomic E-state index is 0.0771. The topological polar surface area (TPSA) is 80.5 Å². The number of anilines is 1. The van der Waals surface area contributed by atoms with Crippen LogP contribution < -0.4 is 5.32 Å². The van der Waals surface area contributed by atoms with Crippen LogP contribution in [-0.4, -0.2) is 35.3 Å². The van der Waals surface area contributed by atoms with Gasteiger partial charge in [0.05, 0.1) is 7.11 Å². The van der Waals surface area contributed by atoms with Crippen molar-refractivity contribution in [2.24, 2.45) is 0 Å². The van der Waals surface area contributed by atoms with Crippen molar-refractivity contribution in [3.8, 4) is 0 Å². The third-order valence-corrected chi connectivity index (χ3v) is 3.57. The van der Waals surface area contributed by atoms with Crippen molar-refractivity contribution in [3.05, 3.63) is 41.5 Å². The first-order valence-corrected chi connectivity index (χ1v) is 8.00. The van der Waals surface area contributed by atoms with Crippen molar-refractivity contribution in [3.63, 3.8) is 0 Å². The Morgan fingerprint density at radius 2 is 2.08 bits per heavy atom. The lowest BCUT2D eigenvalue weighted by molar-refractivity contribution is 0.131. The normalized spacial score (nSPS) is 11.8. The Balaban J connectivity index is 1.94. The highest BCUT2D eigenvalue weighted by atomic mass is 16.5. The Labute approximate surface area is 142 Å². The number of carbonyl (C=O) groups excluding carboxylic acids is 1. The number of rotatable bonds is 7. The van der Waals surface area contributed by atoms with Gasteiger partial charge in [0.1, 0.15) is 6.04 Å². The fraction of sp³-hybridized carbons (Fsp3) is 0.471. The first kappa shape index (κ1) is 17.8. The molecule has 2 rings (SSSR count). The van der Waals surface area contributed by atoms with Crippen LogP contribution in [0.4, 0.5) is 10.5 Å². The summed E-state index contributed by atoms with van der Waals surface area (Å²) in [5.41, 5.74) is 1.96. The Morgan fingerprint density at radius 3 is 2.71 bits per heavy atom. The van der Waals surface area contributed by atoms with E-state index >= 15 is 0 Å². The average Bonchev–Trinajstić information content (AvgIpc) is 3.05. The summed E-state index contributed by atoms with van der Waals surface area (Å²) in [5.74, 6) is 1.32. The highest BCUT2D eigenvalue weighted by Crippen LogP contribution is 2.19. The average molecular weight is 332 g/mol. The van der Waals surface area contributed by atoms with Crippen LogP contribution in [0.5, 0.6) is 0 Å². The van der Waals surface area contributed by atoms with E-state index in [9.17, 15) is 4.79 Å². The second-order valence-electron chi connectivity index (χ2n) is 5.69. The molecule has 2 aromatic rings. The van der Waals surface area contributed by atoms with E-state index in [4.69, 9.17) is 4.52 Å². The number of hydrogen-bond donors (Lipinski definition) is 1. The summed E-state index contributed by atoms with van der Waals surface area (Å²) in [6, 6.07) is 7.77. The van der Waals surface area contributed by atoms with Gasteiger partial charge in [-0.25, -0.2) is 4.79 Å². The number of methoxy groups -OCH3 is 1. The van der Waals surface area contributed by atoms with Crippen molar-refractivity contribution in [1.29, 1.82) is 0 Å². The molecule has 1 aromatic heterocycles. The minimum atomic E-state index is -0.356. The van der Waals surface area contributed by atoms with E-state index in [1.165, 1.54) is 12.0 Å². The fourth-order valence-corrected chi connectivity index (χ4v) is 2.28. The Bertz CT molecular complexity index is 654. The lowest BCUT2D eigenvalue weighted by atomic mass is 10.2. The zero-order valence-electron chi connectivity index (χ0n) is 14.6. The molecule has 1 amide bonds. The molecule has 1 aromatic carbocycles. The first-order valence-electron chi connectivity index (χ1n) is 8.00. The second kappa shape index (κ2) is 8.33. The molecule has 130 valence electrons. The van der Waals surface area contributed by atoms with Crippen LogP contribution in [0, 0.1) is 0 Å². The Morgan fingerprint density at radius 1 is 1.38 bits per heavy atom. The SMILES string of the molecule is CCCc1noc(C(C)Nc2ccc(CN(C)C(=O)OC)cc2)n1. The lowest BCUT2D eigenvalue weighted by Crippen LogP contribution is -2.25. The van der Waals surface area contributed by atoms with E-state index in [2.05, 4.69) is 27.1 Å².